The zero-order valence-corrected chi connectivity index (χ0v) is 12.4. The summed E-state index contributed by atoms with van der Waals surface area (Å²) in [6.07, 6.45) is 0. The molecule has 4 nitrogen and oxygen atoms in total. The third kappa shape index (κ3) is 4.00. The molecule has 0 aliphatic heterocycles. The second-order valence-corrected chi connectivity index (χ2v) is 5.63. The van der Waals surface area contributed by atoms with E-state index in [1.807, 2.05) is 38.0 Å². The lowest BCUT2D eigenvalue weighted by atomic mass is 10.2. The molecule has 17 heavy (non-hydrogen) atoms. The summed E-state index contributed by atoms with van der Waals surface area (Å²) in [6.45, 7) is 4.98. The van der Waals surface area contributed by atoms with Crippen molar-refractivity contribution in [3.8, 4) is 0 Å². The standard InChI is InChI=1S/C12H22N4S/c1-9(2)11-14-10(8-17-11)7-13-12(15(3)4)16(5)6/h8-9H,7H2,1-6H3. The first-order valence-corrected chi connectivity index (χ1v) is 6.63. The van der Waals surface area contributed by atoms with Gasteiger partial charge in [0.25, 0.3) is 0 Å². The van der Waals surface area contributed by atoms with Gasteiger partial charge < -0.3 is 9.80 Å². The molecule has 96 valence electrons. The number of thiazole rings is 1. The molecule has 1 aromatic rings. The average Bonchev–Trinajstić information content (AvgIpc) is 2.65. The van der Waals surface area contributed by atoms with Crippen LogP contribution in [0.4, 0.5) is 0 Å². The minimum atomic E-state index is 0.500. The van der Waals surface area contributed by atoms with Gasteiger partial charge in [0.2, 0.25) is 0 Å². The summed E-state index contributed by atoms with van der Waals surface area (Å²) in [5, 5.41) is 3.29. The van der Waals surface area contributed by atoms with Gasteiger partial charge in [-0.1, -0.05) is 13.8 Å². The largest absolute Gasteiger partial charge is 0.349 e. The predicted octanol–water partition coefficient (Wildman–Crippen LogP) is 2.25. The highest BCUT2D eigenvalue weighted by molar-refractivity contribution is 7.09. The van der Waals surface area contributed by atoms with Crippen LogP contribution in [-0.4, -0.2) is 48.9 Å². The van der Waals surface area contributed by atoms with Gasteiger partial charge in [-0.3, -0.25) is 0 Å². The van der Waals surface area contributed by atoms with Crippen molar-refractivity contribution in [2.45, 2.75) is 26.3 Å². The molecule has 0 amide bonds. The molecule has 0 saturated heterocycles. The third-order valence-corrected chi connectivity index (χ3v) is 3.44. The third-order valence-electron chi connectivity index (χ3n) is 2.25. The molecule has 0 aliphatic carbocycles. The number of hydrogen-bond donors (Lipinski definition) is 0. The fraction of sp³-hybridized carbons (Fsp3) is 0.667. The van der Waals surface area contributed by atoms with Crippen molar-refractivity contribution < 1.29 is 0 Å². The number of aromatic nitrogens is 1. The van der Waals surface area contributed by atoms with Crippen molar-refractivity contribution in [1.82, 2.24) is 14.8 Å². The molecule has 0 aromatic carbocycles. The zero-order chi connectivity index (χ0) is 13.0. The van der Waals surface area contributed by atoms with Crippen LogP contribution in [0.5, 0.6) is 0 Å². The van der Waals surface area contributed by atoms with Gasteiger partial charge in [0.05, 0.1) is 17.2 Å². The molecule has 1 aromatic heterocycles. The van der Waals surface area contributed by atoms with Crippen LogP contribution in [0.1, 0.15) is 30.5 Å². The van der Waals surface area contributed by atoms with E-state index in [0.29, 0.717) is 12.5 Å². The van der Waals surface area contributed by atoms with Gasteiger partial charge in [-0.25, -0.2) is 9.98 Å². The summed E-state index contributed by atoms with van der Waals surface area (Å²) in [6, 6.07) is 0. The zero-order valence-electron chi connectivity index (χ0n) is 11.6. The fourth-order valence-corrected chi connectivity index (χ4v) is 2.32. The molecule has 0 saturated carbocycles. The van der Waals surface area contributed by atoms with Crippen LogP contribution in [0.2, 0.25) is 0 Å². The Hall–Kier alpha value is -1.10. The van der Waals surface area contributed by atoms with Gasteiger partial charge in [0, 0.05) is 39.5 Å². The maximum absolute atomic E-state index is 4.58. The summed E-state index contributed by atoms with van der Waals surface area (Å²) in [7, 11) is 8.00. The van der Waals surface area contributed by atoms with Crippen molar-refractivity contribution in [2.24, 2.45) is 4.99 Å². The van der Waals surface area contributed by atoms with E-state index in [4.69, 9.17) is 0 Å². The molecule has 0 radical (unpaired) electrons. The Morgan fingerprint density at radius 1 is 1.29 bits per heavy atom. The smallest absolute Gasteiger partial charge is 0.195 e. The summed E-state index contributed by atoms with van der Waals surface area (Å²) < 4.78 is 0. The maximum atomic E-state index is 4.58. The van der Waals surface area contributed by atoms with Gasteiger partial charge in [-0.05, 0) is 0 Å². The monoisotopic (exact) mass is 254 g/mol. The Balaban J connectivity index is 2.73. The number of nitrogens with zero attached hydrogens (tertiary/aromatic N) is 4. The SMILES string of the molecule is CC(C)c1nc(CN=C(N(C)C)N(C)C)cs1. The Bertz CT molecular complexity index is 370. The van der Waals surface area contributed by atoms with Crippen LogP contribution in [-0.2, 0) is 6.54 Å². The number of rotatable bonds is 3. The predicted molar refractivity (Wildman–Crippen MR) is 74.7 cm³/mol. The van der Waals surface area contributed by atoms with Crippen LogP contribution in [0.3, 0.4) is 0 Å². The molecule has 0 N–H and O–H groups in total. The van der Waals surface area contributed by atoms with Crippen molar-refractivity contribution in [2.75, 3.05) is 28.2 Å². The summed E-state index contributed by atoms with van der Waals surface area (Å²) >= 11 is 1.72. The Labute approximate surface area is 108 Å². The molecule has 5 heteroatoms. The van der Waals surface area contributed by atoms with E-state index >= 15 is 0 Å². The quantitative estimate of drug-likeness (QED) is 0.612. The highest BCUT2D eigenvalue weighted by Gasteiger charge is 2.07. The highest BCUT2D eigenvalue weighted by Crippen LogP contribution is 2.19. The van der Waals surface area contributed by atoms with Crippen molar-refractivity contribution in [1.29, 1.82) is 0 Å². The van der Waals surface area contributed by atoms with Crippen LogP contribution in [0, 0.1) is 0 Å². The van der Waals surface area contributed by atoms with Gasteiger partial charge in [0.1, 0.15) is 0 Å². The molecule has 0 atom stereocenters. The van der Waals surface area contributed by atoms with E-state index in [1.54, 1.807) is 11.3 Å². The molecular weight excluding hydrogens is 232 g/mol. The normalized spacial score (nSPS) is 10.5. The molecule has 0 spiro atoms. The average molecular weight is 254 g/mol. The number of hydrogen-bond acceptors (Lipinski definition) is 3. The molecule has 1 rings (SSSR count). The van der Waals surface area contributed by atoms with Gasteiger partial charge in [-0.2, -0.15) is 0 Å². The molecule has 1 heterocycles. The van der Waals surface area contributed by atoms with Gasteiger partial charge >= 0.3 is 0 Å². The Morgan fingerprint density at radius 2 is 1.88 bits per heavy atom. The van der Waals surface area contributed by atoms with Crippen LogP contribution in [0.25, 0.3) is 0 Å². The van der Waals surface area contributed by atoms with E-state index in [9.17, 15) is 0 Å². The van der Waals surface area contributed by atoms with E-state index in [-0.39, 0.29) is 0 Å². The minimum absolute atomic E-state index is 0.500. The van der Waals surface area contributed by atoms with Crippen LogP contribution < -0.4 is 0 Å². The first-order chi connectivity index (χ1) is 7.91. The van der Waals surface area contributed by atoms with Gasteiger partial charge in [0.15, 0.2) is 5.96 Å². The topological polar surface area (TPSA) is 31.7 Å². The molecule has 0 bridgehead atoms. The van der Waals surface area contributed by atoms with Crippen molar-refractivity contribution in [3.05, 3.63) is 16.1 Å². The number of guanidine groups is 1. The molecule has 0 unspecified atom stereocenters. The van der Waals surface area contributed by atoms with Crippen molar-refractivity contribution >= 4 is 17.3 Å². The summed E-state index contributed by atoms with van der Waals surface area (Å²) in [4.78, 5) is 13.2. The van der Waals surface area contributed by atoms with E-state index in [2.05, 4.69) is 29.2 Å². The van der Waals surface area contributed by atoms with Crippen LogP contribution in [0.15, 0.2) is 10.4 Å². The van der Waals surface area contributed by atoms with E-state index < -0.39 is 0 Å². The fourth-order valence-electron chi connectivity index (χ4n) is 1.49. The van der Waals surface area contributed by atoms with Gasteiger partial charge in [-0.15, -0.1) is 11.3 Å². The number of aliphatic imine (C=N–C) groups is 1. The van der Waals surface area contributed by atoms with Crippen molar-refractivity contribution in [3.63, 3.8) is 0 Å². The first kappa shape index (κ1) is 14.0. The Morgan fingerprint density at radius 3 is 2.29 bits per heavy atom. The second kappa shape index (κ2) is 6.00. The summed E-state index contributed by atoms with van der Waals surface area (Å²) in [5.74, 6) is 1.46. The molecule has 0 aliphatic rings. The first-order valence-electron chi connectivity index (χ1n) is 5.75. The lowest BCUT2D eigenvalue weighted by Gasteiger charge is -2.22. The molecular formula is C12H22N4S. The lowest BCUT2D eigenvalue weighted by molar-refractivity contribution is 0.479. The van der Waals surface area contributed by atoms with E-state index in [0.717, 1.165) is 11.7 Å². The lowest BCUT2D eigenvalue weighted by Crippen LogP contribution is -2.35. The summed E-state index contributed by atoms with van der Waals surface area (Å²) in [5.41, 5.74) is 1.06. The highest BCUT2D eigenvalue weighted by atomic mass is 32.1. The van der Waals surface area contributed by atoms with E-state index in [1.165, 1.54) is 5.01 Å². The second-order valence-electron chi connectivity index (χ2n) is 4.74. The van der Waals surface area contributed by atoms with Crippen LogP contribution >= 0.6 is 11.3 Å². The minimum Gasteiger partial charge on any atom is -0.349 e. The molecule has 0 fully saturated rings. The maximum Gasteiger partial charge on any atom is 0.195 e. The Kier molecular flexibility index (Phi) is 4.93.